The molecule has 1 rings (SSSR count). The summed E-state index contributed by atoms with van der Waals surface area (Å²) < 4.78 is -1.36. The fourth-order valence-corrected chi connectivity index (χ4v) is 2.49. The number of rotatable bonds is 4. The first-order valence-electron chi connectivity index (χ1n) is 4.19. The van der Waals surface area contributed by atoms with Crippen LogP contribution in [0.1, 0.15) is 17.3 Å². The van der Waals surface area contributed by atoms with Gasteiger partial charge in [0.2, 0.25) is 9.45 Å². The van der Waals surface area contributed by atoms with E-state index < -0.39 is 3.67 Å². The van der Waals surface area contributed by atoms with Crippen molar-refractivity contribution in [3.8, 4) is 0 Å². The molecule has 0 heterocycles. The highest BCUT2D eigenvalue weighted by molar-refractivity contribution is 8.04. The molecule has 4 heteroatoms. The number of benzene rings is 1. The van der Waals surface area contributed by atoms with E-state index in [-0.39, 0.29) is 5.78 Å². The maximum atomic E-state index is 11.8. The molecule has 1 aromatic carbocycles. The Kier molecular flexibility index (Phi) is 4.30. The predicted octanol–water partition coefficient (Wildman–Crippen LogP) is 3.75. The van der Waals surface area contributed by atoms with Crippen LogP contribution >= 0.6 is 35.0 Å². The van der Waals surface area contributed by atoms with Crippen molar-refractivity contribution in [1.29, 1.82) is 0 Å². The standard InChI is InChI=1S/C10H10Cl2OS/c1-2-14-10(11,12)9(13)8-6-4-3-5-7-8/h3-7H,2H2,1H3. The maximum Gasteiger partial charge on any atom is 0.225 e. The van der Waals surface area contributed by atoms with Gasteiger partial charge in [0, 0.05) is 5.56 Å². The first-order chi connectivity index (χ1) is 6.58. The molecule has 0 aliphatic rings. The third-order valence-corrected chi connectivity index (χ3v) is 3.46. The third-order valence-electron chi connectivity index (χ3n) is 1.63. The number of thioether (sulfide) groups is 1. The lowest BCUT2D eigenvalue weighted by Gasteiger charge is -2.16. The Bertz CT molecular complexity index is 311. The second kappa shape index (κ2) is 5.06. The van der Waals surface area contributed by atoms with Crippen molar-refractivity contribution in [1.82, 2.24) is 0 Å². The van der Waals surface area contributed by atoms with Crippen LogP contribution in [0.15, 0.2) is 30.3 Å². The Morgan fingerprint density at radius 3 is 2.43 bits per heavy atom. The summed E-state index contributed by atoms with van der Waals surface area (Å²) in [6.07, 6.45) is 0. The number of Topliss-reactive ketones (excluding diaryl/α,β-unsaturated/α-hetero) is 1. The number of hydrogen-bond acceptors (Lipinski definition) is 2. The molecule has 0 aliphatic heterocycles. The SMILES string of the molecule is CCSC(Cl)(Cl)C(=O)c1ccccc1. The summed E-state index contributed by atoms with van der Waals surface area (Å²) in [7, 11) is 0. The lowest BCUT2D eigenvalue weighted by Crippen LogP contribution is -2.22. The molecule has 0 saturated carbocycles. The fourth-order valence-electron chi connectivity index (χ4n) is 1.00. The zero-order chi connectivity index (χ0) is 10.6. The van der Waals surface area contributed by atoms with Crippen LogP contribution in [0.4, 0.5) is 0 Å². The van der Waals surface area contributed by atoms with Crippen LogP contribution in [0.5, 0.6) is 0 Å². The average Bonchev–Trinajstić information content (AvgIpc) is 2.18. The van der Waals surface area contributed by atoms with Crippen molar-refractivity contribution in [2.45, 2.75) is 10.6 Å². The predicted molar refractivity (Wildman–Crippen MR) is 63.3 cm³/mol. The van der Waals surface area contributed by atoms with E-state index >= 15 is 0 Å². The molecule has 0 atom stereocenters. The number of ketones is 1. The Balaban J connectivity index is 2.85. The summed E-state index contributed by atoms with van der Waals surface area (Å²) in [6.45, 7) is 1.91. The molecule has 76 valence electrons. The topological polar surface area (TPSA) is 17.1 Å². The van der Waals surface area contributed by atoms with Gasteiger partial charge in [-0.15, -0.1) is 11.8 Å². The molecule has 0 saturated heterocycles. The van der Waals surface area contributed by atoms with Gasteiger partial charge in [-0.2, -0.15) is 0 Å². The summed E-state index contributed by atoms with van der Waals surface area (Å²) in [4.78, 5) is 11.8. The number of hydrogen-bond donors (Lipinski definition) is 0. The molecule has 0 aliphatic carbocycles. The van der Waals surface area contributed by atoms with E-state index in [9.17, 15) is 4.79 Å². The monoisotopic (exact) mass is 248 g/mol. The van der Waals surface area contributed by atoms with Crippen LogP contribution in [0.25, 0.3) is 0 Å². The van der Waals surface area contributed by atoms with Crippen LogP contribution in [-0.2, 0) is 0 Å². The van der Waals surface area contributed by atoms with E-state index in [0.29, 0.717) is 11.3 Å². The van der Waals surface area contributed by atoms with Gasteiger partial charge in [-0.05, 0) is 5.75 Å². The Morgan fingerprint density at radius 1 is 1.36 bits per heavy atom. The van der Waals surface area contributed by atoms with Crippen LogP contribution in [0.3, 0.4) is 0 Å². The van der Waals surface area contributed by atoms with E-state index in [1.54, 1.807) is 24.3 Å². The lowest BCUT2D eigenvalue weighted by atomic mass is 10.1. The zero-order valence-corrected chi connectivity index (χ0v) is 9.99. The molecule has 0 bridgehead atoms. The van der Waals surface area contributed by atoms with Gasteiger partial charge < -0.3 is 0 Å². The minimum atomic E-state index is -1.36. The Hall–Kier alpha value is -0.180. The lowest BCUT2D eigenvalue weighted by molar-refractivity contribution is 0.0998. The molecule has 0 spiro atoms. The third kappa shape index (κ3) is 2.91. The van der Waals surface area contributed by atoms with Crippen LogP contribution in [-0.4, -0.2) is 15.2 Å². The van der Waals surface area contributed by atoms with Crippen LogP contribution in [0, 0.1) is 0 Å². The van der Waals surface area contributed by atoms with E-state index in [0.717, 1.165) is 0 Å². The maximum absolute atomic E-state index is 11.8. The van der Waals surface area contributed by atoms with E-state index in [1.165, 1.54) is 11.8 Å². The molecular formula is C10H10Cl2OS. The molecule has 0 N–H and O–H groups in total. The normalized spacial score (nSPS) is 11.4. The molecule has 1 aromatic rings. The minimum absolute atomic E-state index is 0.256. The highest BCUT2D eigenvalue weighted by Crippen LogP contribution is 2.37. The number of halogens is 2. The zero-order valence-electron chi connectivity index (χ0n) is 7.67. The van der Waals surface area contributed by atoms with Crippen molar-refractivity contribution in [2.75, 3.05) is 5.75 Å². The minimum Gasteiger partial charge on any atom is -0.290 e. The van der Waals surface area contributed by atoms with Crippen LogP contribution < -0.4 is 0 Å². The van der Waals surface area contributed by atoms with Gasteiger partial charge in [-0.3, -0.25) is 4.79 Å². The van der Waals surface area contributed by atoms with Gasteiger partial charge in [0.1, 0.15) is 0 Å². The summed E-state index contributed by atoms with van der Waals surface area (Å²) in [5.74, 6) is 0.444. The van der Waals surface area contributed by atoms with E-state index in [1.807, 2.05) is 13.0 Å². The first-order valence-corrected chi connectivity index (χ1v) is 5.93. The number of carbonyl (C=O) groups excluding carboxylic acids is 1. The molecule has 0 unspecified atom stereocenters. The van der Waals surface area contributed by atoms with Crippen molar-refractivity contribution >= 4 is 40.7 Å². The second-order valence-electron chi connectivity index (χ2n) is 2.64. The second-order valence-corrected chi connectivity index (χ2v) is 5.90. The molecule has 0 aromatic heterocycles. The van der Waals surface area contributed by atoms with Gasteiger partial charge >= 0.3 is 0 Å². The Morgan fingerprint density at radius 2 is 1.93 bits per heavy atom. The van der Waals surface area contributed by atoms with E-state index in [2.05, 4.69) is 0 Å². The van der Waals surface area contributed by atoms with Crippen LogP contribution in [0.2, 0.25) is 0 Å². The average molecular weight is 249 g/mol. The van der Waals surface area contributed by atoms with Gasteiger partial charge in [0.15, 0.2) is 0 Å². The molecular weight excluding hydrogens is 239 g/mol. The molecule has 0 amide bonds. The number of alkyl halides is 2. The molecule has 14 heavy (non-hydrogen) atoms. The fraction of sp³-hybridized carbons (Fsp3) is 0.300. The highest BCUT2D eigenvalue weighted by Gasteiger charge is 2.34. The van der Waals surface area contributed by atoms with Crippen molar-refractivity contribution in [2.24, 2.45) is 0 Å². The van der Waals surface area contributed by atoms with Crippen molar-refractivity contribution < 1.29 is 4.79 Å². The number of carbonyl (C=O) groups is 1. The van der Waals surface area contributed by atoms with Gasteiger partial charge in [0.05, 0.1) is 0 Å². The molecule has 0 fully saturated rings. The first kappa shape index (κ1) is 11.9. The summed E-state index contributed by atoms with van der Waals surface area (Å²) in [5, 5.41) is 0. The summed E-state index contributed by atoms with van der Waals surface area (Å²) >= 11 is 13.0. The summed E-state index contributed by atoms with van der Waals surface area (Å²) in [6, 6.07) is 8.82. The largest absolute Gasteiger partial charge is 0.290 e. The van der Waals surface area contributed by atoms with Crippen molar-refractivity contribution in [3.05, 3.63) is 35.9 Å². The Labute approximate surface area is 97.8 Å². The van der Waals surface area contributed by atoms with Crippen molar-refractivity contribution in [3.63, 3.8) is 0 Å². The summed E-state index contributed by atoms with van der Waals surface area (Å²) in [5.41, 5.74) is 0.540. The smallest absolute Gasteiger partial charge is 0.225 e. The van der Waals surface area contributed by atoms with Gasteiger partial charge in [0.25, 0.3) is 0 Å². The molecule has 1 nitrogen and oxygen atoms in total. The van der Waals surface area contributed by atoms with Gasteiger partial charge in [-0.1, -0.05) is 60.5 Å². The van der Waals surface area contributed by atoms with Gasteiger partial charge in [-0.25, -0.2) is 0 Å². The quantitative estimate of drug-likeness (QED) is 0.597. The molecule has 0 radical (unpaired) electrons. The highest BCUT2D eigenvalue weighted by atomic mass is 35.5. The van der Waals surface area contributed by atoms with E-state index in [4.69, 9.17) is 23.2 Å².